The highest BCUT2D eigenvalue weighted by atomic mass is 16.5. The molecule has 0 aliphatic carbocycles. The summed E-state index contributed by atoms with van der Waals surface area (Å²) in [6, 6.07) is 11.3. The van der Waals surface area contributed by atoms with E-state index >= 15 is 0 Å². The number of aliphatic carboxylic acids is 1. The standard InChI is InChI=1S/C20H25N3O4/c1-3-13-4-9-17(27-11-10-26-2)16(12-13)18(20(24)25)23-15-7-5-14(6-8-15)19(21)22/h4-9,12,18,23H,3,10-11H2,1-2H3,(H3,21,22)(H,24,25). The van der Waals surface area contributed by atoms with Gasteiger partial charge in [-0.15, -0.1) is 0 Å². The van der Waals surface area contributed by atoms with Crippen molar-refractivity contribution in [2.24, 2.45) is 5.73 Å². The zero-order chi connectivity index (χ0) is 19.8. The normalized spacial score (nSPS) is 11.6. The number of nitrogen functional groups attached to an aromatic ring is 1. The number of carbonyl (C=O) groups is 1. The fourth-order valence-electron chi connectivity index (χ4n) is 2.60. The minimum Gasteiger partial charge on any atom is -0.491 e. The minimum absolute atomic E-state index is 0.0409. The molecule has 0 saturated carbocycles. The van der Waals surface area contributed by atoms with Gasteiger partial charge in [-0.05, 0) is 48.4 Å². The second kappa shape index (κ2) is 9.59. The highest BCUT2D eigenvalue weighted by molar-refractivity contribution is 5.95. The van der Waals surface area contributed by atoms with E-state index in [9.17, 15) is 9.90 Å². The van der Waals surface area contributed by atoms with Gasteiger partial charge in [0.15, 0.2) is 6.04 Å². The number of nitrogens with one attached hydrogen (secondary N) is 2. The molecule has 144 valence electrons. The number of methoxy groups -OCH3 is 1. The molecule has 0 spiro atoms. The van der Waals surface area contributed by atoms with Crippen LogP contribution in [0.2, 0.25) is 0 Å². The Balaban J connectivity index is 2.33. The van der Waals surface area contributed by atoms with Gasteiger partial charge in [0.2, 0.25) is 0 Å². The van der Waals surface area contributed by atoms with E-state index < -0.39 is 12.0 Å². The minimum atomic E-state index is -1.02. The fraction of sp³-hybridized carbons (Fsp3) is 0.300. The highest BCUT2D eigenvalue weighted by Gasteiger charge is 2.24. The van der Waals surface area contributed by atoms with Crippen molar-refractivity contribution < 1.29 is 19.4 Å². The molecule has 1 unspecified atom stereocenters. The lowest BCUT2D eigenvalue weighted by molar-refractivity contribution is -0.138. The number of anilines is 1. The van der Waals surface area contributed by atoms with Crippen LogP contribution in [0.4, 0.5) is 5.69 Å². The summed E-state index contributed by atoms with van der Waals surface area (Å²) in [6.07, 6.45) is 0.783. The van der Waals surface area contributed by atoms with Gasteiger partial charge in [0.25, 0.3) is 0 Å². The third-order valence-electron chi connectivity index (χ3n) is 4.09. The molecule has 0 radical (unpaired) electrons. The number of amidine groups is 1. The molecule has 0 aliphatic heterocycles. The number of rotatable bonds is 10. The second-order valence-corrected chi connectivity index (χ2v) is 5.97. The number of nitrogens with two attached hydrogens (primary N) is 1. The molecule has 2 aromatic rings. The smallest absolute Gasteiger partial charge is 0.330 e. The molecule has 7 heteroatoms. The zero-order valence-electron chi connectivity index (χ0n) is 15.5. The number of ether oxygens (including phenoxy) is 2. The maximum atomic E-state index is 12.0. The fourth-order valence-corrected chi connectivity index (χ4v) is 2.60. The first kappa shape index (κ1) is 20.3. The number of carboxylic acid groups (broad SMARTS) is 1. The van der Waals surface area contributed by atoms with E-state index in [0.717, 1.165) is 12.0 Å². The molecule has 7 nitrogen and oxygen atoms in total. The summed E-state index contributed by atoms with van der Waals surface area (Å²) in [5.41, 5.74) is 8.21. The third-order valence-corrected chi connectivity index (χ3v) is 4.09. The molecular formula is C20H25N3O4. The largest absolute Gasteiger partial charge is 0.491 e. The molecule has 0 heterocycles. The van der Waals surface area contributed by atoms with Crippen LogP contribution in [0.1, 0.15) is 29.7 Å². The van der Waals surface area contributed by atoms with Crippen molar-refractivity contribution in [3.8, 4) is 5.75 Å². The van der Waals surface area contributed by atoms with Crippen molar-refractivity contribution in [1.29, 1.82) is 5.41 Å². The maximum absolute atomic E-state index is 12.0. The lowest BCUT2D eigenvalue weighted by atomic mass is 10.0. The van der Waals surface area contributed by atoms with Crippen molar-refractivity contribution >= 4 is 17.5 Å². The molecule has 0 fully saturated rings. The van der Waals surface area contributed by atoms with Crippen LogP contribution in [0.25, 0.3) is 0 Å². The van der Waals surface area contributed by atoms with Gasteiger partial charge < -0.3 is 25.6 Å². The van der Waals surface area contributed by atoms with Crippen molar-refractivity contribution in [2.45, 2.75) is 19.4 Å². The van der Waals surface area contributed by atoms with Crippen LogP contribution in [0.15, 0.2) is 42.5 Å². The Hall–Kier alpha value is -3.06. The monoisotopic (exact) mass is 371 g/mol. The highest BCUT2D eigenvalue weighted by Crippen LogP contribution is 2.30. The average molecular weight is 371 g/mol. The van der Waals surface area contributed by atoms with Gasteiger partial charge in [-0.3, -0.25) is 5.41 Å². The lowest BCUT2D eigenvalue weighted by Crippen LogP contribution is -2.22. The first-order valence-electron chi connectivity index (χ1n) is 8.64. The van der Waals surface area contributed by atoms with Crippen molar-refractivity contribution in [1.82, 2.24) is 0 Å². The van der Waals surface area contributed by atoms with E-state index in [1.54, 1.807) is 37.4 Å². The van der Waals surface area contributed by atoms with Gasteiger partial charge in [-0.25, -0.2) is 4.79 Å². The van der Waals surface area contributed by atoms with E-state index in [1.807, 2.05) is 19.1 Å². The second-order valence-electron chi connectivity index (χ2n) is 5.97. The van der Waals surface area contributed by atoms with Crippen LogP contribution in [-0.4, -0.2) is 37.2 Å². The number of aryl methyl sites for hydroxylation is 1. The Morgan fingerprint density at radius 3 is 2.48 bits per heavy atom. The molecule has 0 amide bonds. The zero-order valence-corrected chi connectivity index (χ0v) is 15.5. The molecule has 0 saturated heterocycles. The van der Waals surface area contributed by atoms with Crippen LogP contribution in [0.5, 0.6) is 5.75 Å². The predicted octanol–water partition coefficient (Wildman–Crippen LogP) is 2.80. The number of hydrogen-bond acceptors (Lipinski definition) is 5. The van der Waals surface area contributed by atoms with E-state index in [1.165, 1.54) is 0 Å². The number of benzene rings is 2. The summed E-state index contributed by atoms with van der Waals surface area (Å²) in [7, 11) is 1.58. The molecule has 0 aromatic heterocycles. The van der Waals surface area contributed by atoms with Crippen LogP contribution < -0.4 is 15.8 Å². The van der Waals surface area contributed by atoms with Crippen LogP contribution in [0.3, 0.4) is 0 Å². The van der Waals surface area contributed by atoms with Crippen LogP contribution in [-0.2, 0) is 16.0 Å². The summed E-state index contributed by atoms with van der Waals surface area (Å²) in [5.74, 6) is -0.555. The lowest BCUT2D eigenvalue weighted by Gasteiger charge is -2.20. The van der Waals surface area contributed by atoms with E-state index in [4.69, 9.17) is 20.6 Å². The summed E-state index contributed by atoms with van der Waals surface area (Å²) in [4.78, 5) is 12.0. The first-order chi connectivity index (χ1) is 13.0. The SMILES string of the molecule is CCc1ccc(OCCOC)c(C(Nc2ccc(C(=N)N)cc2)C(=O)O)c1. The molecular weight excluding hydrogens is 346 g/mol. The van der Waals surface area contributed by atoms with Crippen molar-refractivity contribution in [3.05, 3.63) is 59.2 Å². The third kappa shape index (κ3) is 5.46. The Morgan fingerprint density at radius 1 is 1.22 bits per heavy atom. The van der Waals surface area contributed by atoms with Gasteiger partial charge in [0.05, 0.1) is 6.61 Å². The maximum Gasteiger partial charge on any atom is 0.330 e. The van der Waals surface area contributed by atoms with Crippen molar-refractivity contribution in [3.63, 3.8) is 0 Å². The first-order valence-corrected chi connectivity index (χ1v) is 8.64. The average Bonchev–Trinajstić information content (AvgIpc) is 2.66. The Kier molecular flexibility index (Phi) is 7.19. The summed E-state index contributed by atoms with van der Waals surface area (Å²) < 4.78 is 10.7. The molecule has 27 heavy (non-hydrogen) atoms. The molecule has 5 N–H and O–H groups in total. The molecule has 0 bridgehead atoms. The van der Waals surface area contributed by atoms with Crippen molar-refractivity contribution in [2.75, 3.05) is 25.6 Å². The molecule has 1 atom stereocenters. The van der Waals surface area contributed by atoms with Crippen LogP contribution in [0, 0.1) is 5.41 Å². The summed E-state index contributed by atoms with van der Waals surface area (Å²) in [6.45, 7) is 2.75. The van der Waals surface area contributed by atoms with Gasteiger partial charge in [0, 0.05) is 23.9 Å². The Labute approximate surface area is 158 Å². The van der Waals surface area contributed by atoms with Gasteiger partial charge in [0.1, 0.15) is 18.2 Å². The topological polar surface area (TPSA) is 118 Å². The quantitative estimate of drug-likeness (QED) is 0.290. The summed E-state index contributed by atoms with van der Waals surface area (Å²) in [5, 5.41) is 20.3. The predicted molar refractivity (Wildman–Crippen MR) is 105 cm³/mol. The van der Waals surface area contributed by atoms with E-state index in [0.29, 0.717) is 35.8 Å². The number of hydrogen-bond donors (Lipinski definition) is 4. The van der Waals surface area contributed by atoms with Gasteiger partial charge in [-0.1, -0.05) is 13.0 Å². The Morgan fingerprint density at radius 2 is 1.93 bits per heavy atom. The van der Waals surface area contributed by atoms with E-state index in [-0.39, 0.29) is 5.84 Å². The van der Waals surface area contributed by atoms with E-state index in [2.05, 4.69) is 5.32 Å². The summed E-state index contributed by atoms with van der Waals surface area (Å²) >= 11 is 0. The molecule has 0 aliphatic rings. The number of carboxylic acids is 1. The molecule has 2 aromatic carbocycles. The Bertz CT molecular complexity index is 790. The van der Waals surface area contributed by atoms with Gasteiger partial charge >= 0.3 is 5.97 Å². The molecule has 2 rings (SSSR count). The van der Waals surface area contributed by atoms with Gasteiger partial charge in [-0.2, -0.15) is 0 Å². The van der Waals surface area contributed by atoms with Crippen LogP contribution >= 0.6 is 0 Å².